The van der Waals surface area contributed by atoms with Crippen molar-refractivity contribution < 1.29 is 8.78 Å². The number of halogens is 2. The third-order valence-electron chi connectivity index (χ3n) is 3.14. The maximum atomic E-state index is 13.7. The molecule has 0 aliphatic carbocycles. The molecule has 1 unspecified atom stereocenters. The summed E-state index contributed by atoms with van der Waals surface area (Å²) in [4.78, 5) is 15.9. The Balaban J connectivity index is 1.96. The van der Waals surface area contributed by atoms with Gasteiger partial charge in [0, 0.05) is 18.0 Å². The lowest BCUT2D eigenvalue weighted by atomic mass is 10.1. The Morgan fingerprint density at radius 1 is 1.33 bits per heavy atom. The normalized spacial score (nSPS) is 12.7. The molecule has 0 saturated heterocycles. The zero-order chi connectivity index (χ0) is 15.0. The van der Waals surface area contributed by atoms with Crippen molar-refractivity contribution in [3.63, 3.8) is 0 Å². The van der Waals surface area contributed by atoms with Crippen molar-refractivity contribution in [2.24, 2.45) is 5.73 Å². The van der Waals surface area contributed by atoms with Gasteiger partial charge in [-0.1, -0.05) is 12.1 Å². The molecule has 0 fully saturated rings. The van der Waals surface area contributed by atoms with Crippen molar-refractivity contribution in [1.29, 1.82) is 0 Å². The van der Waals surface area contributed by atoms with Gasteiger partial charge in [-0.3, -0.25) is 4.98 Å². The largest absolute Gasteiger partial charge is 0.350 e. The Kier molecular flexibility index (Phi) is 3.22. The highest BCUT2D eigenvalue weighted by molar-refractivity contribution is 5.32. The first-order chi connectivity index (χ1) is 10.1. The third kappa shape index (κ3) is 2.29. The van der Waals surface area contributed by atoms with E-state index in [0.29, 0.717) is 5.65 Å². The van der Waals surface area contributed by atoms with E-state index < -0.39 is 23.4 Å². The van der Waals surface area contributed by atoms with E-state index in [1.807, 2.05) is 0 Å². The molecule has 8 heteroatoms. The van der Waals surface area contributed by atoms with E-state index in [1.165, 1.54) is 35.1 Å². The highest BCUT2D eigenvalue weighted by Crippen LogP contribution is 2.18. The van der Waals surface area contributed by atoms with E-state index in [9.17, 15) is 13.6 Å². The second kappa shape index (κ2) is 5.06. The maximum Gasteiger partial charge on any atom is 0.350 e. The van der Waals surface area contributed by atoms with Crippen molar-refractivity contribution >= 4 is 5.65 Å². The molecule has 2 heterocycles. The van der Waals surface area contributed by atoms with Gasteiger partial charge in [0.1, 0.15) is 0 Å². The molecular weight excluding hydrogens is 280 g/mol. The summed E-state index contributed by atoms with van der Waals surface area (Å²) in [5, 5.41) is 4.04. The Bertz CT molecular complexity index is 857. The van der Waals surface area contributed by atoms with Gasteiger partial charge in [-0.2, -0.15) is 0 Å². The predicted octanol–water partition coefficient (Wildman–Crippen LogP) is 0.869. The molecule has 0 radical (unpaired) electrons. The van der Waals surface area contributed by atoms with Gasteiger partial charge in [0.15, 0.2) is 17.3 Å². The van der Waals surface area contributed by atoms with Crippen LogP contribution in [0.5, 0.6) is 0 Å². The van der Waals surface area contributed by atoms with Crippen LogP contribution in [0.1, 0.15) is 11.6 Å². The molecule has 3 rings (SSSR count). The second-order valence-corrected chi connectivity index (χ2v) is 4.52. The smallest absolute Gasteiger partial charge is 0.322 e. The number of hydrogen-bond acceptors (Lipinski definition) is 4. The average molecular weight is 291 g/mol. The summed E-state index contributed by atoms with van der Waals surface area (Å²) in [6, 6.07) is 2.86. The van der Waals surface area contributed by atoms with Crippen LogP contribution in [0.15, 0.2) is 41.6 Å². The summed E-state index contributed by atoms with van der Waals surface area (Å²) in [6.07, 6.45) is 4.34. The van der Waals surface area contributed by atoms with E-state index in [0.717, 1.165) is 10.7 Å². The Morgan fingerprint density at radius 2 is 2.14 bits per heavy atom. The summed E-state index contributed by atoms with van der Waals surface area (Å²) in [5.74, 6) is -1.99. The fraction of sp³-hybridized carbons (Fsp3) is 0.154. The van der Waals surface area contributed by atoms with Gasteiger partial charge in [0.25, 0.3) is 0 Å². The minimum Gasteiger partial charge on any atom is -0.322 e. The summed E-state index contributed by atoms with van der Waals surface area (Å²) in [6.45, 7) is -0.0686. The highest BCUT2D eigenvalue weighted by Gasteiger charge is 2.17. The van der Waals surface area contributed by atoms with E-state index in [2.05, 4.69) is 10.1 Å². The fourth-order valence-corrected chi connectivity index (χ4v) is 2.09. The van der Waals surface area contributed by atoms with E-state index in [-0.39, 0.29) is 12.1 Å². The van der Waals surface area contributed by atoms with Gasteiger partial charge < -0.3 is 5.73 Å². The Morgan fingerprint density at radius 3 is 2.90 bits per heavy atom. The van der Waals surface area contributed by atoms with Crippen LogP contribution in [0.25, 0.3) is 5.65 Å². The number of fused-ring (bicyclic) bond motifs is 1. The highest BCUT2D eigenvalue weighted by atomic mass is 19.2. The predicted molar refractivity (Wildman–Crippen MR) is 70.5 cm³/mol. The SMILES string of the molecule is NC(Cn1nc2cnccn2c1=O)c1cccc(F)c1F. The molecule has 108 valence electrons. The van der Waals surface area contributed by atoms with Crippen LogP contribution in [0.2, 0.25) is 0 Å². The van der Waals surface area contributed by atoms with Gasteiger partial charge in [-0.05, 0) is 6.07 Å². The average Bonchev–Trinajstić information content (AvgIpc) is 2.79. The Hall–Kier alpha value is -2.61. The van der Waals surface area contributed by atoms with Crippen molar-refractivity contribution in [3.05, 3.63) is 64.5 Å². The number of benzene rings is 1. The zero-order valence-electron chi connectivity index (χ0n) is 10.8. The van der Waals surface area contributed by atoms with Crippen LogP contribution in [-0.4, -0.2) is 19.2 Å². The van der Waals surface area contributed by atoms with Crippen LogP contribution in [0.3, 0.4) is 0 Å². The van der Waals surface area contributed by atoms with Gasteiger partial charge in [-0.25, -0.2) is 22.7 Å². The maximum absolute atomic E-state index is 13.7. The van der Waals surface area contributed by atoms with Crippen LogP contribution in [0, 0.1) is 11.6 Å². The van der Waals surface area contributed by atoms with Crippen molar-refractivity contribution in [2.75, 3.05) is 0 Å². The topological polar surface area (TPSA) is 78.2 Å². The van der Waals surface area contributed by atoms with Crippen molar-refractivity contribution in [1.82, 2.24) is 19.2 Å². The standard InChI is InChI=1S/C13H11F2N5O/c14-9-3-1-2-8(12(9)15)10(16)7-20-13(21)19-5-4-17-6-11(19)18-20/h1-6,10H,7,16H2. The minimum absolute atomic E-state index is 0.00270. The summed E-state index contributed by atoms with van der Waals surface area (Å²) in [7, 11) is 0. The van der Waals surface area contributed by atoms with Gasteiger partial charge >= 0.3 is 5.69 Å². The fourth-order valence-electron chi connectivity index (χ4n) is 2.09. The summed E-state index contributed by atoms with van der Waals surface area (Å²) < 4.78 is 29.3. The van der Waals surface area contributed by atoms with Crippen LogP contribution < -0.4 is 11.4 Å². The van der Waals surface area contributed by atoms with Crippen LogP contribution >= 0.6 is 0 Å². The first kappa shape index (κ1) is 13.4. The second-order valence-electron chi connectivity index (χ2n) is 4.52. The van der Waals surface area contributed by atoms with E-state index in [4.69, 9.17) is 5.73 Å². The molecule has 0 aliphatic rings. The Labute approximate surface area is 117 Å². The number of nitrogens with two attached hydrogens (primary N) is 1. The van der Waals surface area contributed by atoms with Gasteiger partial charge in [0.2, 0.25) is 0 Å². The molecule has 6 nitrogen and oxygen atoms in total. The monoisotopic (exact) mass is 291 g/mol. The molecule has 2 N–H and O–H groups in total. The molecule has 2 aromatic heterocycles. The molecule has 21 heavy (non-hydrogen) atoms. The molecule has 0 amide bonds. The molecule has 0 aliphatic heterocycles. The number of rotatable bonds is 3. The lowest BCUT2D eigenvalue weighted by Crippen LogP contribution is -2.28. The molecule has 0 spiro atoms. The number of nitrogens with zero attached hydrogens (tertiary/aromatic N) is 4. The minimum atomic E-state index is -1.01. The zero-order valence-corrected chi connectivity index (χ0v) is 10.8. The molecular formula is C13H11F2N5O. The third-order valence-corrected chi connectivity index (χ3v) is 3.14. The molecule has 1 atom stereocenters. The number of aromatic nitrogens is 4. The first-order valence-corrected chi connectivity index (χ1v) is 6.16. The molecule has 1 aromatic carbocycles. The molecule has 3 aromatic rings. The van der Waals surface area contributed by atoms with Crippen LogP contribution in [-0.2, 0) is 6.54 Å². The van der Waals surface area contributed by atoms with E-state index >= 15 is 0 Å². The van der Waals surface area contributed by atoms with Gasteiger partial charge in [0.05, 0.1) is 18.8 Å². The van der Waals surface area contributed by atoms with Crippen LogP contribution in [0.4, 0.5) is 8.78 Å². The summed E-state index contributed by atoms with van der Waals surface area (Å²) >= 11 is 0. The van der Waals surface area contributed by atoms with Gasteiger partial charge in [-0.15, -0.1) is 5.10 Å². The number of hydrogen-bond donors (Lipinski definition) is 1. The van der Waals surface area contributed by atoms with E-state index in [1.54, 1.807) is 0 Å². The molecule has 0 saturated carbocycles. The summed E-state index contributed by atoms with van der Waals surface area (Å²) in [5.41, 5.74) is 5.79. The molecule has 0 bridgehead atoms. The first-order valence-electron chi connectivity index (χ1n) is 6.16. The lowest BCUT2D eigenvalue weighted by Gasteiger charge is -2.12. The lowest BCUT2D eigenvalue weighted by molar-refractivity contribution is 0.460. The van der Waals surface area contributed by atoms with Crippen molar-refractivity contribution in [2.45, 2.75) is 12.6 Å². The quantitative estimate of drug-likeness (QED) is 0.776. The van der Waals surface area contributed by atoms with Crippen molar-refractivity contribution in [3.8, 4) is 0 Å².